The van der Waals surface area contributed by atoms with Gasteiger partial charge in [0.1, 0.15) is 6.54 Å². The lowest BCUT2D eigenvalue weighted by Gasteiger charge is -2.28. The number of hydrogen-bond donors (Lipinski definition) is 2. The predicted molar refractivity (Wildman–Crippen MR) is 144 cm³/mol. The normalized spacial score (nSPS) is 14.0. The molecule has 6 heteroatoms. The number of carbonyl (C=O) groups excluding carboxylic acids is 1. The minimum absolute atomic E-state index is 0.0740. The summed E-state index contributed by atoms with van der Waals surface area (Å²) in [5.74, 6) is -1.51. The molecule has 0 amide bonds. The van der Waals surface area contributed by atoms with Crippen molar-refractivity contribution in [1.82, 2.24) is 0 Å². The van der Waals surface area contributed by atoms with Crippen molar-refractivity contribution in [3.05, 3.63) is 24.3 Å². The van der Waals surface area contributed by atoms with Crippen molar-refractivity contribution >= 4 is 11.9 Å². The Balaban J connectivity index is 3.71. The molecule has 2 N–H and O–H groups in total. The number of nitrogens with zero attached hydrogens (tertiary/aromatic N) is 1. The monoisotopic (exact) mass is 496 g/mol. The number of rotatable bonds is 23. The number of hydrogen-bond acceptors (Lipinski definition) is 4. The largest absolute Gasteiger partial charge is 0.481 e. The van der Waals surface area contributed by atoms with Crippen LogP contribution in [0.15, 0.2) is 24.3 Å². The fraction of sp³-hybridized carbons (Fsp3) is 0.793. The second kappa shape index (κ2) is 21.6. The molecule has 0 fully saturated rings. The van der Waals surface area contributed by atoms with Gasteiger partial charge in [-0.1, -0.05) is 82.6 Å². The van der Waals surface area contributed by atoms with Crippen LogP contribution in [0.1, 0.15) is 110 Å². The van der Waals surface area contributed by atoms with Crippen molar-refractivity contribution in [2.45, 2.75) is 122 Å². The van der Waals surface area contributed by atoms with Gasteiger partial charge in [-0.2, -0.15) is 0 Å². The fourth-order valence-corrected chi connectivity index (χ4v) is 4.02. The number of unbranched alkanes of at least 4 members (excludes halogenated alkanes) is 10. The van der Waals surface area contributed by atoms with Crippen LogP contribution in [0.5, 0.6) is 0 Å². The molecule has 0 aliphatic carbocycles. The van der Waals surface area contributed by atoms with Gasteiger partial charge in [0.2, 0.25) is 0 Å². The molecule has 0 saturated heterocycles. The van der Waals surface area contributed by atoms with Crippen LogP contribution in [0.3, 0.4) is 0 Å². The van der Waals surface area contributed by atoms with Crippen LogP contribution in [0.2, 0.25) is 0 Å². The molecule has 2 atom stereocenters. The van der Waals surface area contributed by atoms with Crippen molar-refractivity contribution in [3.63, 3.8) is 0 Å². The summed E-state index contributed by atoms with van der Waals surface area (Å²) in [6.07, 6.45) is 23.4. The van der Waals surface area contributed by atoms with E-state index in [-0.39, 0.29) is 12.8 Å². The Labute approximate surface area is 215 Å². The average molecular weight is 497 g/mol. The van der Waals surface area contributed by atoms with Crippen LogP contribution in [0.25, 0.3) is 0 Å². The molecular formula is C29H54NO5+. The fourth-order valence-electron chi connectivity index (χ4n) is 4.02. The Hall–Kier alpha value is -1.66. The van der Waals surface area contributed by atoms with E-state index < -0.39 is 24.1 Å². The summed E-state index contributed by atoms with van der Waals surface area (Å²) in [7, 11) is 5.76. The molecule has 0 aromatic carbocycles. The molecule has 204 valence electrons. The van der Waals surface area contributed by atoms with Crippen molar-refractivity contribution < 1.29 is 29.0 Å². The van der Waals surface area contributed by atoms with Gasteiger partial charge in [0.05, 0.1) is 40.1 Å². The first-order valence-electron chi connectivity index (χ1n) is 13.8. The molecule has 0 radical (unpaired) electrons. The number of carboxylic acids is 1. The highest BCUT2D eigenvalue weighted by atomic mass is 16.5. The molecule has 0 saturated carbocycles. The van der Waals surface area contributed by atoms with Gasteiger partial charge in [-0.25, -0.2) is 0 Å². The van der Waals surface area contributed by atoms with E-state index in [4.69, 9.17) is 9.84 Å². The molecule has 0 aliphatic rings. The number of aliphatic carboxylic acids is 1. The number of carboxylic acid groups (broad SMARTS) is 1. The molecule has 2 unspecified atom stereocenters. The zero-order valence-corrected chi connectivity index (χ0v) is 23.1. The second-order valence-electron chi connectivity index (χ2n) is 10.8. The number of likely N-dealkylation sites (N-methyl/N-ethyl adjacent to an activating group) is 1. The average Bonchev–Trinajstić information content (AvgIpc) is 2.74. The Kier molecular flexibility index (Phi) is 20.6. The highest BCUT2D eigenvalue weighted by Crippen LogP contribution is 2.14. The van der Waals surface area contributed by atoms with E-state index in [2.05, 4.69) is 31.2 Å². The van der Waals surface area contributed by atoms with E-state index in [1.807, 2.05) is 21.1 Å². The molecule has 0 rings (SSSR count). The lowest BCUT2D eigenvalue weighted by atomic mass is 10.0. The first-order valence-corrected chi connectivity index (χ1v) is 13.8. The van der Waals surface area contributed by atoms with E-state index in [9.17, 15) is 14.7 Å². The van der Waals surface area contributed by atoms with E-state index >= 15 is 0 Å². The number of ether oxygens (including phenoxy) is 1. The Morgan fingerprint density at radius 1 is 0.800 bits per heavy atom. The summed E-state index contributed by atoms with van der Waals surface area (Å²) >= 11 is 0. The lowest BCUT2D eigenvalue weighted by molar-refractivity contribution is -0.873. The van der Waals surface area contributed by atoms with Crippen molar-refractivity contribution in [2.75, 3.05) is 27.7 Å². The van der Waals surface area contributed by atoms with Gasteiger partial charge >= 0.3 is 11.9 Å². The minimum Gasteiger partial charge on any atom is -0.481 e. The van der Waals surface area contributed by atoms with Crippen LogP contribution < -0.4 is 0 Å². The van der Waals surface area contributed by atoms with Crippen molar-refractivity contribution in [1.29, 1.82) is 0 Å². The van der Waals surface area contributed by atoms with Crippen molar-refractivity contribution in [2.24, 2.45) is 0 Å². The predicted octanol–water partition coefficient (Wildman–Crippen LogP) is 6.42. The third-order valence-electron chi connectivity index (χ3n) is 5.84. The highest BCUT2D eigenvalue weighted by Gasteiger charge is 2.25. The zero-order chi connectivity index (χ0) is 26.4. The van der Waals surface area contributed by atoms with Gasteiger partial charge in [-0.3, -0.25) is 9.59 Å². The topological polar surface area (TPSA) is 83.8 Å². The quantitative estimate of drug-likeness (QED) is 0.0737. The zero-order valence-electron chi connectivity index (χ0n) is 23.1. The van der Waals surface area contributed by atoms with Gasteiger partial charge in [0, 0.05) is 0 Å². The number of carbonyl (C=O) groups is 2. The summed E-state index contributed by atoms with van der Waals surface area (Å²) in [4.78, 5) is 23.2. The SMILES string of the molecule is CCCCC/C=C/C/C=C/CCCCCCCCCC(O)CC(=O)OC(CC(=O)O)C[N+](C)(C)C. The van der Waals surface area contributed by atoms with Crippen LogP contribution in [-0.2, 0) is 14.3 Å². The molecule has 0 aromatic heterocycles. The van der Waals surface area contributed by atoms with Gasteiger partial charge in [0.15, 0.2) is 6.10 Å². The molecule has 0 aliphatic heterocycles. The summed E-state index contributed by atoms with van der Waals surface area (Å²) < 4.78 is 5.84. The third kappa shape index (κ3) is 25.2. The number of aliphatic hydroxyl groups excluding tert-OH is 1. The Morgan fingerprint density at radius 2 is 1.34 bits per heavy atom. The van der Waals surface area contributed by atoms with Gasteiger partial charge in [0.25, 0.3) is 0 Å². The molecule has 0 spiro atoms. The maximum atomic E-state index is 12.1. The second-order valence-corrected chi connectivity index (χ2v) is 10.8. The first-order chi connectivity index (χ1) is 16.6. The number of allylic oxidation sites excluding steroid dienone is 4. The van der Waals surface area contributed by atoms with Crippen molar-refractivity contribution in [3.8, 4) is 0 Å². The van der Waals surface area contributed by atoms with Gasteiger partial charge in [-0.15, -0.1) is 0 Å². The van der Waals surface area contributed by atoms with Crippen LogP contribution in [-0.4, -0.2) is 66.5 Å². The summed E-state index contributed by atoms with van der Waals surface area (Å²) in [5.41, 5.74) is 0. The van der Waals surface area contributed by atoms with Crippen LogP contribution in [0.4, 0.5) is 0 Å². The molecule has 0 bridgehead atoms. The highest BCUT2D eigenvalue weighted by molar-refractivity contribution is 5.71. The van der Waals surface area contributed by atoms with E-state index in [1.165, 1.54) is 51.4 Å². The molecule has 6 nitrogen and oxygen atoms in total. The van der Waals surface area contributed by atoms with Crippen LogP contribution >= 0.6 is 0 Å². The standard InChI is InChI=1S/C29H53NO5/c1-5-6-7-8-9-10-11-12-13-14-15-16-17-18-19-20-21-22-26(31)23-29(34)35-27(24-28(32)33)25-30(2,3)4/h9-10,12-13,26-27,31H,5-8,11,14-25H2,1-4H3/p+1/b10-9+,13-12+. The van der Waals surface area contributed by atoms with E-state index in [1.54, 1.807) is 0 Å². The maximum absolute atomic E-state index is 12.1. The Morgan fingerprint density at radius 3 is 1.89 bits per heavy atom. The maximum Gasteiger partial charge on any atom is 0.308 e. The van der Waals surface area contributed by atoms with Crippen LogP contribution in [0, 0.1) is 0 Å². The summed E-state index contributed by atoms with van der Waals surface area (Å²) in [5, 5.41) is 19.2. The smallest absolute Gasteiger partial charge is 0.308 e. The summed E-state index contributed by atoms with van der Waals surface area (Å²) in [6, 6.07) is 0. The third-order valence-corrected chi connectivity index (χ3v) is 5.84. The Bertz CT molecular complexity index is 594. The molecule has 35 heavy (non-hydrogen) atoms. The minimum atomic E-state index is -0.991. The first kappa shape index (κ1) is 33.3. The molecule has 0 heterocycles. The summed E-state index contributed by atoms with van der Waals surface area (Å²) in [6.45, 7) is 2.65. The van der Waals surface area contributed by atoms with E-state index in [0.29, 0.717) is 17.4 Å². The number of aliphatic hydroxyl groups is 1. The number of esters is 1. The van der Waals surface area contributed by atoms with E-state index in [0.717, 1.165) is 32.1 Å². The number of quaternary nitrogens is 1. The van der Waals surface area contributed by atoms with Gasteiger partial charge in [-0.05, 0) is 38.5 Å². The lowest BCUT2D eigenvalue weighted by Crippen LogP contribution is -2.44. The molecular weight excluding hydrogens is 442 g/mol. The van der Waals surface area contributed by atoms with Gasteiger partial charge < -0.3 is 19.4 Å². The molecule has 0 aromatic rings.